The Bertz CT molecular complexity index is 873. The average Bonchev–Trinajstić information content (AvgIpc) is 2.87. The first-order valence-electron chi connectivity index (χ1n) is 10.6. The minimum atomic E-state index is -0.547. The highest BCUT2D eigenvalue weighted by Crippen LogP contribution is 2.34. The summed E-state index contributed by atoms with van der Waals surface area (Å²) in [5, 5.41) is 3.94. The van der Waals surface area contributed by atoms with Crippen LogP contribution < -0.4 is 5.32 Å². The lowest BCUT2D eigenvalue weighted by Crippen LogP contribution is -2.43. The van der Waals surface area contributed by atoms with E-state index in [-0.39, 0.29) is 17.9 Å². The van der Waals surface area contributed by atoms with Gasteiger partial charge < -0.3 is 10.2 Å². The molecular weight excluding hydrogens is 384 g/mol. The second-order valence-corrected chi connectivity index (χ2v) is 8.50. The summed E-state index contributed by atoms with van der Waals surface area (Å²) < 4.78 is 0. The molecule has 1 heterocycles. The second kappa shape index (κ2) is 9.00. The van der Waals surface area contributed by atoms with Gasteiger partial charge in [-0.05, 0) is 48.6 Å². The van der Waals surface area contributed by atoms with Crippen molar-refractivity contribution in [3.63, 3.8) is 0 Å². The molecular formula is C24H27ClN2O2. The van der Waals surface area contributed by atoms with Gasteiger partial charge >= 0.3 is 0 Å². The van der Waals surface area contributed by atoms with Gasteiger partial charge in [0.15, 0.2) is 0 Å². The van der Waals surface area contributed by atoms with Crippen LogP contribution in [0.15, 0.2) is 48.5 Å². The molecule has 1 unspecified atom stereocenters. The van der Waals surface area contributed by atoms with Crippen LogP contribution in [0, 0.1) is 0 Å². The summed E-state index contributed by atoms with van der Waals surface area (Å²) in [6, 6.07) is 14.8. The number of nitrogens with one attached hydrogen (secondary N) is 1. The highest BCUT2D eigenvalue weighted by atomic mass is 35.5. The van der Waals surface area contributed by atoms with Crippen LogP contribution in [0.1, 0.15) is 66.1 Å². The number of nitrogens with zero attached hydrogens (tertiary/aromatic N) is 1. The van der Waals surface area contributed by atoms with E-state index in [0.717, 1.165) is 36.8 Å². The van der Waals surface area contributed by atoms with Crippen LogP contribution in [-0.4, -0.2) is 29.3 Å². The van der Waals surface area contributed by atoms with Crippen LogP contribution >= 0.6 is 11.6 Å². The zero-order chi connectivity index (χ0) is 20.2. The Morgan fingerprint density at radius 3 is 2.41 bits per heavy atom. The Morgan fingerprint density at radius 2 is 1.69 bits per heavy atom. The van der Waals surface area contributed by atoms with E-state index in [0.29, 0.717) is 23.6 Å². The second-order valence-electron chi connectivity index (χ2n) is 8.06. The lowest BCUT2D eigenvalue weighted by atomic mass is 10.0. The van der Waals surface area contributed by atoms with Gasteiger partial charge in [0.1, 0.15) is 6.04 Å². The van der Waals surface area contributed by atoms with Crippen molar-refractivity contribution >= 4 is 23.4 Å². The number of hydrogen-bond acceptors (Lipinski definition) is 2. The largest absolute Gasteiger partial charge is 0.351 e. The molecule has 5 heteroatoms. The van der Waals surface area contributed by atoms with E-state index < -0.39 is 6.04 Å². The van der Waals surface area contributed by atoms with Gasteiger partial charge in [-0.1, -0.05) is 67.6 Å². The maximum Gasteiger partial charge on any atom is 0.255 e. The molecule has 0 aromatic heterocycles. The van der Waals surface area contributed by atoms with Crippen molar-refractivity contribution in [2.75, 3.05) is 6.54 Å². The summed E-state index contributed by atoms with van der Waals surface area (Å²) in [5.41, 5.74) is 2.56. The molecule has 2 aromatic carbocycles. The van der Waals surface area contributed by atoms with Crippen LogP contribution in [0.2, 0.25) is 5.02 Å². The Labute approximate surface area is 177 Å². The van der Waals surface area contributed by atoms with E-state index in [9.17, 15) is 9.59 Å². The van der Waals surface area contributed by atoms with Crippen LogP contribution in [0.25, 0.3) is 0 Å². The summed E-state index contributed by atoms with van der Waals surface area (Å²) in [6.45, 7) is 0.498. The Balaban J connectivity index is 1.52. The zero-order valence-corrected chi connectivity index (χ0v) is 17.3. The van der Waals surface area contributed by atoms with Crippen molar-refractivity contribution in [2.45, 2.75) is 57.0 Å². The van der Waals surface area contributed by atoms with Gasteiger partial charge in [0.25, 0.3) is 5.91 Å². The van der Waals surface area contributed by atoms with Crippen molar-refractivity contribution in [1.29, 1.82) is 0 Å². The van der Waals surface area contributed by atoms with Crippen LogP contribution in [0.5, 0.6) is 0 Å². The first kappa shape index (κ1) is 20.0. The molecule has 0 spiro atoms. The van der Waals surface area contributed by atoms with Gasteiger partial charge in [-0.25, -0.2) is 0 Å². The van der Waals surface area contributed by atoms with E-state index in [1.807, 2.05) is 48.5 Å². The number of fused-ring (bicyclic) bond motifs is 1. The molecule has 1 saturated carbocycles. The standard InChI is InChI=1S/C24H27ClN2O2/c25-18-13-11-17(12-14-18)15-16-27-22(20-9-5-6-10-21(20)24(27)29)23(28)26-19-7-3-1-2-4-8-19/h5-6,9-14,19,22H,1-4,7-8,15-16H2,(H,26,28). The topological polar surface area (TPSA) is 49.4 Å². The van der Waals surface area contributed by atoms with E-state index in [1.165, 1.54) is 12.8 Å². The van der Waals surface area contributed by atoms with Gasteiger partial charge in [0.05, 0.1) is 0 Å². The molecule has 4 nitrogen and oxygen atoms in total. The lowest BCUT2D eigenvalue weighted by Gasteiger charge is -2.27. The average molecular weight is 411 g/mol. The van der Waals surface area contributed by atoms with E-state index in [1.54, 1.807) is 4.90 Å². The number of carbonyl (C=O) groups is 2. The number of rotatable bonds is 5. The van der Waals surface area contributed by atoms with E-state index >= 15 is 0 Å². The first-order valence-corrected chi connectivity index (χ1v) is 11.0. The summed E-state index contributed by atoms with van der Waals surface area (Å²) >= 11 is 5.97. The minimum Gasteiger partial charge on any atom is -0.351 e. The minimum absolute atomic E-state index is 0.0497. The van der Waals surface area contributed by atoms with Crippen molar-refractivity contribution in [2.24, 2.45) is 0 Å². The Kier molecular flexibility index (Phi) is 6.19. The molecule has 1 N–H and O–H groups in total. The molecule has 2 aliphatic rings. The molecule has 29 heavy (non-hydrogen) atoms. The molecule has 1 aliphatic heterocycles. The van der Waals surface area contributed by atoms with E-state index in [2.05, 4.69) is 5.32 Å². The fourth-order valence-electron chi connectivity index (χ4n) is 4.49. The third-order valence-electron chi connectivity index (χ3n) is 6.06. The molecule has 1 atom stereocenters. The summed E-state index contributed by atoms with van der Waals surface area (Å²) in [4.78, 5) is 28.1. The molecule has 152 valence electrons. The van der Waals surface area contributed by atoms with Gasteiger partial charge in [-0.2, -0.15) is 0 Å². The number of benzene rings is 2. The third-order valence-corrected chi connectivity index (χ3v) is 6.31. The van der Waals surface area contributed by atoms with Gasteiger partial charge in [-0.15, -0.1) is 0 Å². The van der Waals surface area contributed by atoms with Crippen LogP contribution in [0.4, 0.5) is 0 Å². The van der Waals surface area contributed by atoms with Crippen molar-refractivity contribution in [1.82, 2.24) is 10.2 Å². The lowest BCUT2D eigenvalue weighted by molar-refractivity contribution is -0.126. The SMILES string of the molecule is O=C(NC1CCCCCC1)C1c2ccccc2C(=O)N1CCc1ccc(Cl)cc1. The fraction of sp³-hybridized carbons (Fsp3) is 0.417. The summed E-state index contributed by atoms with van der Waals surface area (Å²) in [7, 11) is 0. The molecule has 0 radical (unpaired) electrons. The Morgan fingerprint density at radius 1 is 1.00 bits per heavy atom. The monoisotopic (exact) mass is 410 g/mol. The fourth-order valence-corrected chi connectivity index (χ4v) is 4.61. The normalized spacial score (nSPS) is 19.7. The molecule has 0 saturated heterocycles. The molecule has 2 amide bonds. The van der Waals surface area contributed by atoms with Crippen LogP contribution in [-0.2, 0) is 11.2 Å². The molecule has 4 rings (SSSR count). The van der Waals surface area contributed by atoms with Crippen molar-refractivity contribution in [3.8, 4) is 0 Å². The molecule has 1 fully saturated rings. The number of halogens is 1. The smallest absolute Gasteiger partial charge is 0.255 e. The third kappa shape index (κ3) is 4.48. The highest BCUT2D eigenvalue weighted by molar-refractivity contribution is 6.30. The quantitative estimate of drug-likeness (QED) is 0.711. The van der Waals surface area contributed by atoms with Crippen LogP contribution in [0.3, 0.4) is 0 Å². The molecule has 0 bridgehead atoms. The first-order chi connectivity index (χ1) is 14.1. The number of hydrogen-bond donors (Lipinski definition) is 1. The van der Waals surface area contributed by atoms with Gasteiger partial charge in [0, 0.05) is 23.2 Å². The van der Waals surface area contributed by atoms with Gasteiger partial charge in [-0.3, -0.25) is 9.59 Å². The predicted octanol–water partition coefficient (Wildman–Crippen LogP) is 4.92. The van der Waals surface area contributed by atoms with Gasteiger partial charge in [0.2, 0.25) is 5.91 Å². The zero-order valence-electron chi connectivity index (χ0n) is 16.6. The molecule has 2 aromatic rings. The predicted molar refractivity (Wildman–Crippen MR) is 115 cm³/mol. The van der Waals surface area contributed by atoms with Crippen molar-refractivity contribution in [3.05, 3.63) is 70.2 Å². The number of amides is 2. The molecule has 1 aliphatic carbocycles. The highest BCUT2D eigenvalue weighted by Gasteiger charge is 2.41. The van der Waals surface area contributed by atoms with E-state index in [4.69, 9.17) is 11.6 Å². The number of carbonyl (C=O) groups excluding carboxylic acids is 2. The maximum atomic E-state index is 13.3. The van der Waals surface area contributed by atoms with Crippen molar-refractivity contribution < 1.29 is 9.59 Å². The summed E-state index contributed by atoms with van der Waals surface area (Å²) in [5.74, 6) is -0.109. The maximum absolute atomic E-state index is 13.3. The Hall–Kier alpha value is -2.33. The summed E-state index contributed by atoms with van der Waals surface area (Å²) in [6.07, 6.45) is 7.53.